The van der Waals surface area contributed by atoms with E-state index >= 15 is 0 Å². The van der Waals surface area contributed by atoms with Crippen molar-refractivity contribution >= 4 is 20.7 Å². The zero-order valence-corrected chi connectivity index (χ0v) is 7.37. The molecule has 0 saturated heterocycles. The lowest BCUT2D eigenvalue weighted by molar-refractivity contribution is 0.414. The second kappa shape index (κ2) is 3.10. The number of hydrogen-bond acceptors (Lipinski definition) is 1. The van der Waals surface area contributed by atoms with Crippen LogP contribution in [0.4, 0.5) is 0 Å². The third-order valence-electron chi connectivity index (χ3n) is 1.48. The van der Waals surface area contributed by atoms with Crippen molar-refractivity contribution in [2.45, 2.75) is 6.92 Å². The molecule has 0 atom stereocenters. The molecule has 0 amide bonds. The summed E-state index contributed by atoms with van der Waals surface area (Å²) in [5.74, 6) is 0.920. The van der Waals surface area contributed by atoms with E-state index < -0.39 is 0 Å². The molecule has 0 aliphatic heterocycles. The molecular weight excluding hydrogens is 139 g/mol. The molecule has 0 heterocycles. The molecule has 0 aliphatic carbocycles. The molecule has 0 saturated carbocycles. The van der Waals surface area contributed by atoms with Crippen LogP contribution in [0, 0.1) is 6.92 Å². The summed E-state index contributed by atoms with van der Waals surface area (Å²) in [6.45, 7) is 2.06. The SMILES string of the molecule is COc1cc[c]([Al])c(C)c1. The quantitative estimate of drug-likeness (QED) is 0.535. The van der Waals surface area contributed by atoms with Gasteiger partial charge >= 0.3 is 0 Å². The Morgan fingerprint density at radius 2 is 2.10 bits per heavy atom. The Kier molecular flexibility index (Phi) is 2.37. The molecule has 1 aromatic rings. The maximum absolute atomic E-state index is 5.04. The van der Waals surface area contributed by atoms with Gasteiger partial charge in [0.15, 0.2) is 16.3 Å². The molecule has 0 fully saturated rings. The van der Waals surface area contributed by atoms with Crippen molar-refractivity contribution in [3.05, 3.63) is 23.8 Å². The predicted molar refractivity (Wildman–Crippen MR) is 43.1 cm³/mol. The molecule has 1 nitrogen and oxygen atoms in total. The van der Waals surface area contributed by atoms with E-state index in [2.05, 4.69) is 23.2 Å². The van der Waals surface area contributed by atoms with Crippen molar-refractivity contribution in [1.29, 1.82) is 0 Å². The first-order valence-electron chi connectivity index (χ1n) is 3.14. The van der Waals surface area contributed by atoms with Crippen molar-refractivity contribution in [1.82, 2.24) is 0 Å². The van der Waals surface area contributed by atoms with E-state index in [0.29, 0.717) is 0 Å². The summed E-state index contributed by atoms with van der Waals surface area (Å²) >= 11 is 2.67. The molecular formula is C8H9AlO. The highest BCUT2D eigenvalue weighted by molar-refractivity contribution is 6.33. The first kappa shape index (κ1) is 7.66. The molecule has 1 aromatic carbocycles. The van der Waals surface area contributed by atoms with Crippen LogP contribution in [-0.2, 0) is 0 Å². The summed E-state index contributed by atoms with van der Waals surface area (Å²) < 4.78 is 6.26. The van der Waals surface area contributed by atoms with Crippen molar-refractivity contribution in [3.63, 3.8) is 0 Å². The van der Waals surface area contributed by atoms with Crippen LogP contribution in [0.15, 0.2) is 18.2 Å². The minimum absolute atomic E-state index is 0.920. The number of rotatable bonds is 1. The molecule has 2 heteroatoms. The lowest BCUT2D eigenvalue weighted by atomic mass is 10.2. The summed E-state index contributed by atoms with van der Waals surface area (Å²) in [6, 6.07) is 6.00. The highest BCUT2D eigenvalue weighted by atomic mass is 27.0. The van der Waals surface area contributed by atoms with E-state index in [0.717, 1.165) is 5.75 Å². The van der Waals surface area contributed by atoms with Gasteiger partial charge in [-0.15, -0.1) is 4.43 Å². The Morgan fingerprint density at radius 1 is 1.40 bits per heavy atom. The van der Waals surface area contributed by atoms with Crippen LogP contribution < -0.4 is 9.16 Å². The highest BCUT2D eigenvalue weighted by Gasteiger charge is 1.92. The maximum atomic E-state index is 5.04. The van der Waals surface area contributed by atoms with Gasteiger partial charge in [0.25, 0.3) is 0 Å². The minimum Gasteiger partial charge on any atom is -0.497 e. The second-order valence-corrected chi connectivity index (χ2v) is 2.84. The van der Waals surface area contributed by atoms with Crippen molar-refractivity contribution in [3.8, 4) is 5.75 Å². The smallest absolute Gasteiger partial charge is 0.176 e. The van der Waals surface area contributed by atoms with Gasteiger partial charge < -0.3 is 4.74 Å². The van der Waals surface area contributed by atoms with Gasteiger partial charge in [-0.05, 0) is 19.1 Å². The Morgan fingerprint density at radius 3 is 2.60 bits per heavy atom. The molecule has 0 unspecified atom stereocenters. The summed E-state index contributed by atoms with van der Waals surface area (Å²) in [5, 5.41) is 0. The molecule has 0 bridgehead atoms. The van der Waals surface area contributed by atoms with Crippen LogP contribution in [0.1, 0.15) is 5.56 Å². The Hall–Kier alpha value is -0.448. The van der Waals surface area contributed by atoms with Gasteiger partial charge in [-0.25, -0.2) is 0 Å². The van der Waals surface area contributed by atoms with E-state index in [-0.39, 0.29) is 0 Å². The van der Waals surface area contributed by atoms with Crippen LogP contribution in [0.25, 0.3) is 0 Å². The number of ether oxygens (including phenoxy) is 1. The van der Waals surface area contributed by atoms with Gasteiger partial charge in [-0.1, -0.05) is 11.6 Å². The summed E-state index contributed by atoms with van der Waals surface area (Å²) in [4.78, 5) is 0. The van der Waals surface area contributed by atoms with E-state index in [1.54, 1.807) is 7.11 Å². The average Bonchev–Trinajstić information content (AvgIpc) is 1.95. The van der Waals surface area contributed by atoms with Gasteiger partial charge in [0.2, 0.25) is 0 Å². The molecule has 0 N–H and O–H groups in total. The zero-order chi connectivity index (χ0) is 7.56. The normalized spacial score (nSPS) is 9.40. The molecule has 0 spiro atoms. The third-order valence-corrected chi connectivity index (χ3v) is 2.12. The Bertz CT molecular complexity index is 233. The number of hydrogen-bond donors (Lipinski definition) is 0. The Balaban J connectivity index is 3.04. The Labute approximate surface area is 69.4 Å². The van der Waals surface area contributed by atoms with Crippen LogP contribution >= 0.6 is 0 Å². The largest absolute Gasteiger partial charge is 0.497 e. The predicted octanol–water partition coefficient (Wildman–Crippen LogP) is 0.797. The van der Waals surface area contributed by atoms with Crippen LogP contribution in [0.2, 0.25) is 0 Å². The van der Waals surface area contributed by atoms with E-state index in [9.17, 15) is 0 Å². The van der Waals surface area contributed by atoms with Crippen molar-refractivity contribution in [2.75, 3.05) is 7.11 Å². The standard InChI is InChI=1S/C8H9O.Al/c1-7-4-3-5-8(6-7)9-2;/h3,5-6H,1-2H3;. The monoisotopic (exact) mass is 148 g/mol. The van der Waals surface area contributed by atoms with Gasteiger partial charge in [0.05, 0.1) is 7.11 Å². The zero-order valence-electron chi connectivity index (χ0n) is 6.22. The average molecular weight is 148 g/mol. The third kappa shape index (κ3) is 1.53. The molecule has 10 heavy (non-hydrogen) atoms. The topological polar surface area (TPSA) is 9.23 Å². The number of methoxy groups -OCH3 is 1. The fraction of sp³-hybridized carbons (Fsp3) is 0.250. The maximum Gasteiger partial charge on any atom is 0.176 e. The van der Waals surface area contributed by atoms with E-state index in [1.807, 2.05) is 18.2 Å². The molecule has 2 radical (unpaired) electrons. The van der Waals surface area contributed by atoms with Crippen LogP contribution in [0.3, 0.4) is 0 Å². The van der Waals surface area contributed by atoms with Gasteiger partial charge in [-0.2, -0.15) is 0 Å². The minimum atomic E-state index is 0.920. The second-order valence-electron chi connectivity index (χ2n) is 2.22. The molecule has 0 aliphatic rings. The molecule has 1 rings (SSSR count). The van der Waals surface area contributed by atoms with Gasteiger partial charge in [-0.3, -0.25) is 0 Å². The van der Waals surface area contributed by atoms with Crippen molar-refractivity contribution < 1.29 is 4.74 Å². The first-order chi connectivity index (χ1) is 4.74. The van der Waals surface area contributed by atoms with Crippen LogP contribution in [0.5, 0.6) is 5.75 Å². The first-order valence-corrected chi connectivity index (χ1v) is 3.72. The summed E-state index contributed by atoms with van der Waals surface area (Å²) in [6.07, 6.45) is 0. The number of benzene rings is 1. The summed E-state index contributed by atoms with van der Waals surface area (Å²) in [5.41, 5.74) is 1.24. The van der Waals surface area contributed by atoms with Gasteiger partial charge in [0.1, 0.15) is 5.75 Å². The fourth-order valence-electron chi connectivity index (χ4n) is 0.775. The lowest BCUT2D eigenvalue weighted by Gasteiger charge is -2.03. The van der Waals surface area contributed by atoms with E-state index in [1.165, 1.54) is 9.99 Å². The van der Waals surface area contributed by atoms with Crippen LogP contribution in [-0.4, -0.2) is 23.4 Å². The van der Waals surface area contributed by atoms with Crippen molar-refractivity contribution in [2.24, 2.45) is 0 Å². The molecule has 50 valence electrons. The summed E-state index contributed by atoms with van der Waals surface area (Å²) in [7, 11) is 1.68. The van der Waals surface area contributed by atoms with E-state index in [4.69, 9.17) is 4.74 Å². The fourth-order valence-corrected chi connectivity index (χ4v) is 0.955. The lowest BCUT2D eigenvalue weighted by Crippen LogP contribution is -2.05. The molecule has 0 aromatic heterocycles. The van der Waals surface area contributed by atoms with Gasteiger partial charge in [0, 0.05) is 0 Å². The highest BCUT2D eigenvalue weighted by Crippen LogP contribution is 2.08. The number of aryl methyl sites for hydroxylation is 1.